The van der Waals surface area contributed by atoms with E-state index in [1.165, 1.54) is 16.9 Å². The quantitative estimate of drug-likeness (QED) is 0.562. The zero-order chi connectivity index (χ0) is 20.0. The van der Waals surface area contributed by atoms with Gasteiger partial charge in [0.15, 0.2) is 11.5 Å². The molecule has 28 heavy (non-hydrogen) atoms. The number of hydrogen-bond acceptors (Lipinski definition) is 5. The molecule has 1 aromatic carbocycles. The predicted molar refractivity (Wildman–Crippen MR) is 101 cm³/mol. The first-order valence-electron chi connectivity index (χ1n) is 8.54. The van der Waals surface area contributed by atoms with Crippen LogP contribution < -0.4 is 10.1 Å². The first-order valence-corrected chi connectivity index (χ1v) is 8.54. The fourth-order valence-electron chi connectivity index (χ4n) is 3.25. The van der Waals surface area contributed by atoms with E-state index in [-0.39, 0.29) is 17.2 Å². The summed E-state index contributed by atoms with van der Waals surface area (Å²) in [5.41, 5.74) is 2.57. The number of nitrogens with one attached hydrogen (secondary N) is 1. The van der Waals surface area contributed by atoms with Gasteiger partial charge in [-0.2, -0.15) is 5.10 Å². The van der Waals surface area contributed by atoms with Crippen molar-refractivity contribution >= 4 is 28.4 Å². The summed E-state index contributed by atoms with van der Waals surface area (Å²) in [6.45, 7) is 3.53. The van der Waals surface area contributed by atoms with Crippen LogP contribution in [-0.4, -0.2) is 33.6 Å². The summed E-state index contributed by atoms with van der Waals surface area (Å²) in [6.07, 6.45) is 2.99. The van der Waals surface area contributed by atoms with Crippen molar-refractivity contribution in [3.63, 3.8) is 0 Å². The summed E-state index contributed by atoms with van der Waals surface area (Å²) in [7, 11) is 1.55. The zero-order valence-corrected chi connectivity index (χ0v) is 15.4. The Kier molecular flexibility index (Phi) is 4.03. The summed E-state index contributed by atoms with van der Waals surface area (Å²) in [6, 6.07) is 6.96. The highest BCUT2D eigenvalue weighted by molar-refractivity contribution is 5.99. The smallest absolute Gasteiger partial charge is 0.337 e. The van der Waals surface area contributed by atoms with Gasteiger partial charge in [-0.1, -0.05) is 0 Å². The van der Waals surface area contributed by atoms with Crippen LogP contribution in [0.15, 0.2) is 41.1 Å². The molecule has 0 fully saturated rings. The third-order valence-corrected chi connectivity index (χ3v) is 4.69. The molecule has 0 bridgehead atoms. The third-order valence-electron chi connectivity index (χ3n) is 4.69. The first kappa shape index (κ1) is 17.6. The van der Waals surface area contributed by atoms with Crippen LogP contribution in [0.1, 0.15) is 32.0 Å². The Morgan fingerprint density at radius 1 is 1.21 bits per heavy atom. The third kappa shape index (κ3) is 2.66. The van der Waals surface area contributed by atoms with Crippen LogP contribution >= 0.6 is 0 Å². The highest BCUT2D eigenvalue weighted by atomic mass is 16.5. The topological polar surface area (TPSA) is 106 Å². The van der Waals surface area contributed by atoms with Gasteiger partial charge >= 0.3 is 5.97 Å². The Hall–Kier alpha value is -3.81. The molecule has 0 radical (unpaired) electrons. The second-order valence-corrected chi connectivity index (χ2v) is 6.36. The fraction of sp³-hybridized carbons (Fsp3) is 0.150. The van der Waals surface area contributed by atoms with Crippen LogP contribution in [0.5, 0.6) is 11.5 Å². The number of furan rings is 1. The molecule has 0 unspecified atom stereocenters. The number of carbonyl (C=O) groups is 2. The van der Waals surface area contributed by atoms with Crippen molar-refractivity contribution in [2.75, 3.05) is 7.05 Å². The van der Waals surface area contributed by atoms with Crippen molar-refractivity contribution in [3.8, 4) is 11.5 Å². The molecule has 0 spiro atoms. The maximum atomic E-state index is 11.9. The van der Waals surface area contributed by atoms with Gasteiger partial charge in [-0.05, 0) is 31.5 Å². The number of carboxylic acid groups (broad SMARTS) is 1. The summed E-state index contributed by atoms with van der Waals surface area (Å²) >= 11 is 0. The monoisotopic (exact) mass is 379 g/mol. The number of aromatic carboxylic acids is 1. The number of amides is 1. The van der Waals surface area contributed by atoms with Gasteiger partial charge in [0.25, 0.3) is 5.91 Å². The average Bonchev–Trinajstić information content (AvgIpc) is 3.19. The van der Waals surface area contributed by atoms with Crippen molar-refractivity contribution in [2.24, 2.45) is 0 Å². The molecule has 8 nitrogen and oxygen atoms in total. The van der Waals surface area contributed by atoms with Gasteiger partial charge in [0.05, 0.1) is 11.8 Å². The van der Waals surface area contributed by atoms with Gasteiger partial charge in [-0.25, -0.2) is 9.31 Å². The van der Waals surface area contributed by atoms with E-state index in [4.69, 9.17) is 9.15 Å². The van der Waals surface area contributed by atoms with Crippen LogP contribution in [0.25, 0.3) is 16.5 Å². The maximum Gasteiger partial charge on any atom is 0.337 e. The number of benzene rings is 1. The molecule has 0 aliphatic heterocycles. The van der Waals surface area contributed by atoms with Gasteiger partial charge in [0, 0.05) is 36.3 Å². The van der Waals surface area contributed by atoms with E-state index in [2.05, 4.69) is 10.4 Å². The molecule has 0 aliphatic rings. The number of hydrogen-bond donors (Lipinski definition) is 2. The van der Waals surface area contributed by atoms with Crippen molar-refractivity contribution < 1.29 is 23.8 Å². The molecular formula is C20H17N3O5. The lowest BCUT2D eigenvalue weighted by Crippen LogP contribution is -2.17. The lowest BCUT2D eigenvalue weighted by atomic mass is 10.1. The van der Waals surface area contributed by atoms with Gasteiger partial charge in [-0.3, -0.25) is 4.79 Å². The molecule has 3 aromatic heterocycles. The molecular weight excluding hydrogens is 362 g/mol. The Labute approximate surface area is 159 Å². The van der Waals surface area contributed by atoms with E-state index >= 15 is 0 Å². The Morgan fingerprint density at radius 3 is 2.71 bits per heavy atom. The second kappa shape index (κ2) is 6.41. The molecule has 0 saturated heterocycles. The minimum absolute atomic E-state index is 0.163. The fourth-order valence-corrected chi connectivity index (χ4v) is 3.25. The Balaban J connectivity index is 1.78. The lowest BCUT2D eigenvalue weighted by Gasteiger charge is -2.08. The second-order valence-electron chi connectivity index (χ2n) is 6.36. The van der Waals surface area contributed by atoms with Gasteiger partial charge in [0.2, 0.25) is 0 Å². The zero-order valence-electron chi connectivity index (χ0n) is 15.4. The van der Waals surface area contributed by atoms with Gasteiger partial charge in [0.1, 0.15) is 16.8 Å². The minimum Gasteiger partial charge on any atom is -0.478 e. The number of ether oxygens (including phenoxy) is 1. The lowest BCUT2D eigenvalue weighted by molar-refractivity contribution is 0.0696. The first-order chi connectivity index (χ1) is 13.4. The molecule has 4 aromatic rings. The van der Waals surface area contributed by atoms with E-state index < -0.39 is 5.97 Å². The van der Waals surface area contributed by atoms with Crippen LogP contribution in [0.2, 0.25) is 0 Å². The molecule has 4 rings (SSSR count). The molecule has 142 valence electrons. The van der Waals surface area contributed by atoms with Gasteiger partial charge in [-0.15, -0.1) is 0 Å². The number of rotatable bonds is 4. The molecule has 2 N–H and O–H groups in total. The summed E-state index contributed by atoms with van der Waals surface area (Å²) in [5.74, 6) is -0.0981. The number of aromatic nitrogens is 2. The number of fused-ring (bicyclic) bond motifs is 2. The maximum absolute atomic E-state index is 11.9. The van der Waals surface area contributed by atoms with E-state index in [0.29, 0.717) is 28.2 Å². The minimum atomic E-state index is -1.02. The SMILES string of the molecule is CNC(=O)c1oc2cc(Oc3ccnn4cc(C(=O)O)c(C)c34)ccc2c1C. The highest BCUT2D eigenvalue weighted by Crippen LogP contribution is 2.33. The van der Waals surface area contributed by atoms with Crippen LogP contribution in [0.3, 0.4) is 0 Å². The van der Waals surface area contributed by atoms with Crippen molar-refractivity contribution in [2.45, 2.75) is 13.8 Å². The standard InChI is InChI=1S/C20H17N3O5/c1-10-14(20(25)26)9-23-17(10)15(6-7-22-23)27-12-4-5-13-11(2)18(19(24)21-3)28-16(13)8-12/h4-9H,1-3H3,(H,21,24)(H,25,26). The van der Waals surface area contributed by atoms with Crippen LogP contribution in [0.4, 0.5) is 0 Å². The van der Waals surface area contributed by atoms with Crippen molar-refractivity contribution in [1.29, 1.82) is 0 Å². The molecule has 8 heteroatoms. The van der Waals surface area contributed by atoms with Crippen molar-refractivity contribution in [1.82, 2.24) is 14.9 Å². The number of aryl methyl sites for hydroxylation is 2. The molecule has 0 saturated carbocycles. The average molecular weight is 379 g/mol. The predicted octanol–water partition coefficient (Wildman–Crippen LogP) is 3.55. The summed E-state index contributed by atoms with van der Waals surface area (Å²) in [4.78, 5) is 23.3. The van der Waals surface area contributed by atoms with Crippen LogP contribution in [0, 0.1) is 13.8 Å². The summed E-state index contributed by atoms with van der Waals surface area (Å²) < 4.78 is 13.2. The number of carbonyl (C=O) groups excluding carboxylic acids is 1. The van der Waals surface area contributed by atoms with E-state index in [9.17, 15) is 14.7 Å². The Bertz CT molecular complexity index is 1250. The van der Waals surface area contributed by atoms with Gasteiger partial charge < -0.3 is 19.6 Å². The summed E-state index contributed by atoms with van der Waals surface area (Å²) in [5, 5.41) is 16.9. The normalized spacial score (nSPS) is 11.1. The van der Waals surface area contributed by atoms with E-state index in [1.807, 2.05) is 13.0 Å². The Morgan fingerprint density at radius 2 is 2.00 bits per heavy atom. The number of carboxylic acids is 1. The van der Waals surface area contributed by atoms with E-state index in [1.54, 1.807) is 32.2 Å². The van der Waals surface area contributed by atoms with Crippen LogP contribution in [-0.2, 0) is 0 Å². The molecule has 3 heterocycles. The molecule has 1 amide bonds. The van der Waals surface area contributed by atoms with Crippen molar-refractivity contribution in [3.05, 3.63) is 59.1 Å². The molecule has 0 atom stereocenters. The number of nitrogens with zero attached hydrogens (tertiary/aromatic N) is 2. The molecule has 0 aliphatic carbocycles. The highest BCUT2D eigenvalue weighted by Gasteiger charge is 2.19. The largest absolute Gasteiger partial charge is 0.478 e. The van der Waals surface area contributed by atoms with E-state index in [0.717, 1.165) is 10.9 Å².